The zero-order chi connectivity index (χ0) is 5.11. The molecule has 9 heavy (non-hydrogen) atoms. The van der Waals surface area contributed by atoms with Crippen molar-refractivity contribution in [3.8, 4) is 0 Å². The molecule has 1 nitrogen and oxygen atoms in total. The maximum Gasteiger partial charge on any atom is 0.150 e. The molecule has 3 heteroatoms. The number of hydrogen-bond acceptors (Lipinski definition) is 1. The molecule has 0 fully saturated rings. The summed E-state index contributed by atoms with van der Waals surface area (Å²) >= 11 is 3.36. The van der Waals surface area contributed by atoms with Crippen LogP contribution in [0.4, 0.5) is 0 Å². The molecule has 0 atom stereocenters. The molecule has 0 unspecified atom stereocenters. The number of benzene rings is 1. The number of rotatable bonds is 0. The van der Waals surface area contributed by atoms with E-state index in [0.29, 0.717) is 0 Å². The third-order valence-corrected chi connectivity index (χ3v) is 1.11. The van der Waals surface area contributed by atoms with Crippen molar-refractivity contribution in [1.82, 2.24) is 0 Å². The van der Waals surface area contributed by atoms with Gasteiger partial charge in [-0.3, -0.25) is 0 Å². The first-order chi connectivity index (χ1) is 3.39. The van der Waals surface area contributed by atoms with Gasteiger partial charge < -0.3 is 5.48 Å². The summed E-state index contributed by atoms with van der Waals surface area (Å²) in [5, 5.41) is 0. The van der Waals surface area contributed by atoms with E-state index < -0.39 is 0 Å². The zero-order valence-corrected chi connectivity index (χ0v) is 8.25. The molecule has 1 aromatic rings. The van der Waals surface area contributed by atoms with Crippen LogP contribution < -0.4 is 0 Å². The van der Waals surface area contributed by atoms with Crippen LogP contribution in [0.5, 0.6) is 0 Å². The molecule has 2 radical (unpaired) electrons. The van der Waals surface area contributed by atoms with Gasteiger partial charge in [0.15, 0.2) is 0 Å². The fraction of sp³-hybridized carbons (Fsp3) is 0. The van der Waals surface area contributed by atoms with Crippen molar-refractivity contribution in [2.24, 2.45) is 0 Å². The van der Waals surface area contributed by atoms with E-state index >= 15 is 0 Å². The van der Waals surface area contributed by atoms with Gasteiger partial charge in [-0.15, -0.1) is 0 Å². The summed E-state index contributed by atoms with van der Waals surface area (Å²) in [5.41, 5.74) is 0. The van der Waals surface area contributed by atoms with Crippen molar-refractivity contribution in [3.05, 3.63) is 30.3 Å². The third-order valence-electron chi connectivity index (χ3n) is 0.774. The molecule has 0 amide bonds. The van der Waals surface area contributed by atoms with E-state index in [1.54, 1.807) is 0 Å². The summed E-state index contributed by atoms with van der Waals surface area (Å²) in [6.45, 7) is 0. The van der Waals surface area contributed by atoms with Gasteiger partial charge in [0.1, 0.15) is 4.90 Å². The van der Waals surface area contributed by atoms with Crippen molar-refractivity contribution in [1.29, 1.82) is 0 Å². The maximum absolute atomic E-state index is 3.36. The predicted octanol–water partition coefficient (Wildman–Crippen LogP) is 0.499. The Kier molecular flexibility index (Phi) is 9.56. The van der Waals surface area contributed by atoms with Crippen molar-refractivity contribution in [2.75, 3.05) is 0 Å². The predicted molar refractivity (Wildman–Crippen MR) is 42.6 cm³/mol. The Hall–Kier alpha value is 0.790. The van der Waals surface area contributed by atoms with Gasteiger partial charge in [0.25, 0.3) is 0 Å². The Balaban J connectivity index is 0. The van der Waals surface area contributed by atoms with Crippen LogP contribution >= 0.6 is 0 Å². The molecule has 0 heterocycles. The van der Waals surface area contributed by atoms with E-state index in [1.807, 2.05) is 30.3 Å². The van der Waals surface area contributed by atoms with Crippen molar-refractivity contribution < 1.29 is 5.48 Å². The zero-order valence-electron chi connectivity index (χ0n) is 5.04. The van der Waals surface area contributed by atoms with Crippen LogP contribution in [0.3, 0.4) is 0 Å². The molecule has 0 aliphatic carbocycles. The van der Waals surface area contributed by atoms with Crippen molar-refractivity contribution >= 4 is 50.4 Å². The standard InChI is InChI=1S/C6H6S.Ca.H2O/c7-6-4-2-1-3-5-6;;/h1-5,7H;;1H2. The molecule has 0 aliphatic heterocycles. The monoisotopic (exact) mass is 168 g/mol. The van der Waals surface area contributed by atoms with Gasteiger partial charge in [-0.1, -0.05) is 18.2 Å². The van der Waals surface area contributed by atoms with Gasteiger partial charge >= 0.3 is 0 Å². The summed E-state index contributed by atoms with van der Waals surface area (Å²) < 4.78 is 0. The molecule has 0 saturated carbocycles. The van der Waals surface area contributed by atoms with Gasteiger partial charge in [-0.25, -0.2) is 0 Å². The minimum Gasteiger partial charge on any atom is -0.870 e. The van der Waals surface area contributed by atoms with Crippen molar-refractivity contribution in [3.63, 3.8) is 0 Å². The second-order valence-electron chi connectivity index (χ2n) is 1.37. The van der Waals surface area contributed by atoms with Gasteiger partial charge in [0.2, 0.25) is 0 Å². The first-order valence-electron chi connectivity index (χ1n) is 2.16. The molecule has 0 spiro atoms. The van der Waals surface area contributed by atoms with E-state index in [-0.39, 0.29) is 43.2 Å². The van der Waals surface area contributed by atoms with Gasteiger partial charge in [0, 0.05) is 37.7 Å². The maximum atomic E-state index is 3.36. The van der Waals surface area contributed by atoms with E-state index in [0.717, 1.165) is 4.90 Å². The smallest absolute Gasteiger partial charge is 0.150 e. The summed E-state index contributed by atoms with van der Waals surface area (Å²) in [5.74, 6) is 0. The quantitative estimate of drug-likeness (QED) is 0.410. The molecule has 0 aromatic heterocycles. The first-order valence-corrected chi connectivity index (χ1v) is 2.66. The van der Waals surface area contributed by atoms with E-state index in [1.165, 1.54) is 0 Å². The second-order valence-corrected chi connectivity index (χ2v) is 1.94. The van der Waals surface area contributed by atoms with Gasteiger partial charge in [-0.05, 0) is 24.8 Å². The van der Waals surface area contributed by atoms with Gasteiger partial charge in [-0.2, -0.15) is 0 Å². The second kappa shape index (κ2) is 6.90. The van der Waals surface area contributed by atoms with E-state index in [4.69, 9.17) is 0 Å². The van der Waals surface area contributed by atoms with Crippen LogP contribution in [0.25, 0.3) is 0 Å². The molecular formula is C6H8CaOS. The van der Waals surface area contributed by atoms with Crippen LogP contribution in [0.15, 0.2) is 35.2 Å². The SMILES string of the molecule is [Ca].[OH-].[SH2+]c1ccccc1. The third kappa shape index (κ3) is 5.24. The Morgan fingerprint density at radius 3 is 1.67 bits per heavy atom. The average molecular weight is 168 g/mol. The van der Waals surface area contributed by atoms with Crippen LogP contribution in [-0.4, -0.2) is 43.2 Å². The Morgan fingerprint density at radius 1 is 1.00 bits per heavy atom. The van der Waals surface area contributed by atoms with Crippen LogP contribution in [0.2, 0.25) is 0 Å². The largest absolute Gasteiger partial charge is 0.870 e. The fourth-order valence-corrected chi connectivity index (χ4v) is 0.631. The van der Waals surface area contributed by atoms with Crippen LogP contribution in [0, 0.1) is 0 Å². The Labute approximate surface area is 90.2 Å². The Bertz CT molecular complexity index is 143. The first kappa shape index (κ1) is 12.5. The minimum atomic E-state index is 0. The fourth-order valence-electron chi connectivity index (χ4n) is 0.438. The average Bonchev–Trinajstić information content (AvgIpc) is 1.69. The summed E-state index contributed by atoms with van der Waals surface area (Å²) in [6.07, 6.45) is 0. The van der Waals surface area contributed by atoms with E-state index in [2.05, 4.69) is 12.6 Å². The molecule has 1 N–H and O–H groups in total. The molecule has 0 bridgehead atoms. The summed E-state index contributed by atoms with van der Waals surface area (Å²) in [7, 11) is 0. The van der Waals surface area contributed by atoms with Gasteiger partial charge in [0.05, 0.1) is 0 Å². The van der Waals surface area contributed by atoms with E-state index in [9.17, 15) is 0 Å². The molecule has 0 aliphatic rings. The molecular weight excluding hydrogens is 160 g/mol. The van der Waals surface area contributed by atoms with Crippen LogP contribution in [0.1, 0.15) is 0 Å². The minimum absolute atomic E-state index is 0. The topological polar surface area (TPSA) is 30.0 Å². The molecule has 1 aromatic carbocycles. The normalized spacial score (nSPS) is 6.78. The van der Waals surface area contributed by atoms with Crippen LogP contribution in [-0.2, 0) is 12.6 Å². The number of hydrogen-bond donors (Lipinski definition) is 0. The summed E-state index contributed by atoms with van der Waals surface area (Å²) in [6, 6.07) is 9.96. The molecule has 1 rings (SSSR count). The van der Waals surface area contributed by atoms with Crippen molar-refractivity contribution in [2.45, 2.75) is 4.90 Å². The molecule has 0 saturated heterocycles. The Morgan fingerprint density at radius 2 is 1.44 bits per heavy atom. The molecule has 46 valence electrons. The summed E-state index contributed by atoms with van der Waals surface area (Å²) in [4.78, 5) is 1.13.